The van der Waals surface area contributed by atoms with Gasteiger partial charge in [0.25, 0.3) is 0 Å². The summed E-state index contributed by atoms with van der Waals surface area (Å²) < 4.78 is 234. The minimum atomic E-state index is -8.64. The van der Waals surface area contributed by atoms with E-state index in [1.54, 1.807) is 0 Å². The van der Waals surface area contributed by atoms with Crippen molar-refractivity contribution in [1.29, 1.82) is 0 Å². The Morgan fingerprint density at radius 2 is 0.959 bits per heavy atom. The molecule has 0 bridgehead atoms. The molecule has 0 radical (unpaired) electrons. The predicted molar refractivity (Wildman–Crippen MR) is 143 cm³/mol. The number of ether oxygens (including phenoxy) is 1. The van der Waals surface area contributed by atoms with Gasteiger partial charge >= 0.3 is 47.6 Å². The van der Waals surface area contributed by atoms with Gasteiger partial charge in [0.15, 0.2) is 0 Å². The van der Waals surface area contributed by atoms with E-state index in [4.69, 9.17) is 4.74 Å². The summed E-state index contributed by atoms with van der Waals surface area (Å²) in [5.41, 5.74) is 0.0544. The third-order valence-electron chi connectivity index (χ3n) is 7.79. The molecule has 1 aromatic carbocycles. The van der Waals surface area contributed by atoms with Crippen LogP contribution in [0.4, 0.5) is 74.6 Å². The van der Waals surface area contributed by atoms with Gasteiger partial charge in [0.05, 0.1) is 13.2 Å². The maximum absolute atomic E-state index is 14.2. The summed E-state index contributed by atoms with van der Waals surface area (Å²) in [6.07, 6.45) is -1.85. The first-order valence-electron chi connectivity index (χ1n) is 15.3. The van der Waals surface area contributed by atoms with Crippen LogP contribution in [0.5, 0.6) is 5.75 Å². The lowest BCUT2D eigenvalue weighted by Crippen LogP contribution is -2.74. The molecule has 49 heavy (non-hydrogen) atoms. The van der Waals surface area contributed by atoms with Crippen LogP contribution in [0.1, 0.15) is 95.1 Å². The van der Waals surface area contributed by atoms with Crippen LogP contribution in [0, 0.1) is 0 Å². The van der Waals surface area contributed by atoms with Gasteiger partial charge in [-0.05, 0) is 37.0 Å². The Kier molecular flexibility index (Phi) is 15.4. The Hall–Kier alpha value is -2.21. The van der Waals surface area contributed by atoms with Gasteiger partial charge in [-0.2, -0.15) is 74.6 Å². The van der Waals surface area contributed by atoms with Crippen LogP contribution >= 0.6 is 0 Å². The van der Waals surface area contributed by atoms with Gasteiger partial charge in [-0.15, -0.1) is 0 Å². The van der Waals surface area contributed by atoms with Crippen molar-refractivity contribution in [3.63, 3.8) is 0 Å². The molecule has 0 aromatic heterocycles. The number of aliphatic hydroxyl groups is 1. The van der Waals surface area contributed by atoms with Crippen molar-refractivity contribution < 1.29 is 84.5 Å². The largest absolute Gasteiger partial charge is 0.493 e. The van der Waals surface area contributed by atoms with E-state index in [1.807, 2.05) is 0 Å². The normalized spacial score (nSPS) is 14.4. The number of hydrogen-bond donors (Lipinski definition) is 1. The molecular weight excluding hydrogens is 715 g/mol. The first-order valence-corrected chi connectivity index (χ1v) is 15.3. The molecule has 0 atom stereocenters. The molecule has 288 valence electrons. The van der Waals surface area contributed by atoms with E-state index in [9.17, 15) is 79.7 Å². The molecule has 0 saturated heterocycles. The number of unbranched alkanes of at least 4 members (excludes halogenated alkanes) is 9. The molecule has 1 rings (SSSR count). The number of rotatable bonds is 23. The van der Waals surface area contributed by atoms with Crippen molar-refractivity contribution in [3.8, 4) is 5.75 Å². The molecule has 0 heterocycles. The average molecular weight is 753 g/mol. The monoisotopic (exact) mass is 752 g/mol. The standard InChI is InChI=1S/C30H37F17O2/c1-2-3-4-5-6-7-8-9-10-11-17-49-22-15-14-20(18-21(22)19-48)13-12-16-23(31,32)24(33,34)25(35,36)26(37,38)27(39,40)28(41,42)29(43,44)30(45,46)47/h14-15,18,48H,2-13,16-17,19H2,1H3. The Bertz CT molecular complexity index is 1150. The van der Waals surface area contributed by atoms with E-state index in [0.29, 0.717) is 6.42 Å². The second kappa shape index (κ2) is 16.9. The van der Waals surface area contributed by atoms with Crippen LogP contribution < -0.4 is 4.74 Å². The van der Waals surface area contributed by atoms with Crippen LogP contribution in [0.15, 0.2) is 18.2 Å². The molecule has 1 N–H and O–H groups in total. The van der Waals surface area contributed by atoms with Gasteiger partial charge in [-0.1, -0.05) is 70.8 Å². The average Bonchev–Trinajstić information content (AvgIpc) is 2.99. The molecule has 0 unspecified atom stereocenters. The number of alkyl halides is 17. The molecule has 0 spiro atoms. The summed E-state index contributed by atoms with van der Waals surface area (Å²) in [5.74, 6) is -56.2. The van der Waals surface area contributed by atoms with Gasteiger partial charge < -0.3 is 9.84 Å². The smallest absolute Gasteiger partial charge is 0.460 e. The first kappa shape index (κ1) is 44.8. The molecular formula is C30H37F17O2. The summed E-state index contributed by atoms with van der Waals surface area (Å²) in [5, 5.41) is 9.59. The lowest BCUT2D eigenvalue weighted by atomic mass is 9.87. The highest BCUT2D eigenvalue weighted by molar-refractivity contribution is 5.37. The highest BCUT2D eigenvalue weighted by atomic mass is 19.4. The lowest BCUT2D eigenvalue weighted by molar-refractivity contribution is -0.461. The third kappa shape index (κ3) is 9.57. The Morgan fingerprint density at radius 1 is 0.531 bits per heavy atom. The zero-order valence-corrected chi connectivity index (χ0v) is 26.1. The molecule has 0 aliphatic carbocycles. The minimum Gasteiger partial charge on any atom is -0.493 e. The zero-order chi connectivity index (χ0) is 38.2. The highest BCUT2D eigenvalue weighted by Crippen LogP contribution is 2.64. The fourth-order valence-corrected chi connectivity index (χ4v) is 4.69. The van der Waals surface area contributed by atoms with Gasteiger partial charge in [0.2, 0.25) is 0 Å². The van der Waals surface area contributed by atoms with E-state index in [0.717, 1.165) is 44.6 Å². The van der Waals surface area contributed by atoms with Crippen LogP contribution in [0.2, 0.25) is 0 Å². The molecule has 0 fully saturated rings. The summed E-state index contributed by atoms with van der Waals surface area (Å²) in [4.78, 5) is 0. The Labute approximate surface area is 271 Å². The SMILES string of the molecule is CCCCCCCCCCCCOc1ccc(CCCC(F)(F)C(F)(F)C(F)(F)C(F)(F)C(F)(F)C(F)(F)C(F)(F)C(F)(F)F)cc1CO. The number of benzene rings is 1. The molecule has 1 aromatic rings. The Morgan fingerprint density at radius 3 is 1.41 bits per heavy atom. The van der Waals surface area contributed by atoms with E-state index >= 15 is 0 Å². The fraction of sp³-hybridized carbons (Fsp3) is 0.800. The number of halogens is 17. The van der Waals surface area contributed by atoms with Crippen molar-refractivity contribution >= 4 is 0 Å². The second-order valence-electron chi connectivity index (χ2n) is 11.6. The summed E-state index contributed by atoms with van der Waals surface area (Å²) in [6.45, 7) is 1.67. The first-order chi connectivity index (χ1) is 22.2. The van der Waals surface area contributed by atoms with Crippen LogP contribution in [-0.4, -0.2) is 59.3 Å². The quantitative estimate of drug-likeness (QED) is 0.0891. The van der Waals surface area contributed by atoms with Crippen molar-refractivity contribution in [2.45, 2.75) is 145 Å². The van der Waals surface area contributed by atoms with Crippen LogP contribution in [0.25, 0.3) is 0 Å². The molecule has 0 aliphatic rings. The number of aryl methyl sites for hydroxylation is 1. The second-order valence-corrected chi connectivity index (χ2v) is 11.6. The van der Waals surface area contributed by atoms with Gasteiger partial charge in [0, 0.05) is 12.0 Å². The van der Waals surface area contributed by atoms with Crippen molar-refractivity contribution in [3.05, 3.63) is 29.3 Å². The van der Waals surface area contributed by atoms with Crippen molar-refractivity contribution in [2.24, 2.45) is 0 Å². The summed E-state index contributed by atoms with van der Waals surface area (Å²) >= 11 is 0. The lowest BCUT2D eigenvalue weighted by Gasteiger charge is -2.42. The molecule has 0 saturated carbocycles. The van der Waals surface area contributed by atoms with Crippen molar-refractivity contribution in [2.75, 3.05) is 6.61 Å². The third-order valence-corrected chi connectivity index (χ3v) is 7.79. The van der Waals surface area contributed by atoms with E-state index in [1.165, 1.54) is 31.4 Å². The van der Waals surface area contributed by atoms with Crippen LogP contribution in [-0.2, 0) is 13.0 Å². The summed E-state index contributed by atoms with van der Waals surface area (Å²) in [6, 6.07) is 3.56. The van der Waals surface area contributed by atoms with E-state index in [-0.39, 0.29) is 23.5 Å². The fourth-order valence-electron chi connectivity index (χ4n) is 4.69. The molecule has 0 amide bonds. The zero-order valence-electron chi connectivity index (χ0n) is 26.1. The number of hydrogen-bond acceptors (Lipinski definition) is 2. The predicted octanol–water partition coefficient (Wildman–Crippen LogP) is 11.8. The van der Waals surface area contributed by atoms with Crippen molar-refractivity contribution in [1.82, 2.24) is 0 Å². The number of aliphatic hydroxyl groups excluding tert-OH is 1. The molecule has 0 aliphatic heterocycles. The maximum Gasteiger partial charge on any atom is 0.460 e. The van der Waals surface area contributed by atoms with Gasteiger partial charge in [-0.3, -0.25) is 0 Å². The van der Waals surface area contributed by atoms with E-state index < -0.39 is 73.5 Å². The van der Waals surface area contributed by atoms with Crippen LogP contribution in [0.3, 0.4) is 0 Å². The molecule has 19 heteroatoms. The summed E-state index contributed by atoms with van der Waals surface area (Å²) in [7, 11) is 0. The van der Waals surface area contributed by atoms with Gasteiger partial charge in [0.1, 0.15) is 5.75 Å². The highest BCUT2D eigenvalue weighted by Gasteiger charge is 2.95. The Balaban J connectivity index is 2.89. The maximum atomic E-state index is 14.2. The van der Waals surface area contributed by atoms with E-state index in [2.05, 4.69) is 6.92 Å². The van der Waals surface area contributed by atoms with Gasteiger partial charge in [-0.25, -0.2) is 0 Å². The molecule has 2 nitrogen and oxygen atoms in total. The minimum absolute atomic E-state index is 0.0212. The topological polar surface area (TPSA) is 29.5 Å².